The van der Waals surface area contributed by atoms with E-state index in [1.165, 1.54) is 0 Å². The molecule has 0 aromatic rings. The van der Waals surface area contributed by atoms with Crippen molar-refractivity contribution < 1.29 is 19.8 Å². The average molecular weight is 162 g/mol. The lowest BCUT2D eigenvalue weighted by Gasteiger charge is -2.22. The van der Waals surface area contributed by atoms with Gasteiger partial charge in [-0.15, -0.1) is 0 Å². The Hall–Kier alpha value is -1.14. The smallest absolute Gasteiger partial charge is 0.252 e. The molecule has 0 radical (unpaired) electrons. The number of carbonyl (C=O) groups is 2. The molecular formula is C5H10N2O4. The molecule has 0 aliphatic carbocycles. The predicted molar refractivity (Wildman–Crippen MR) is 35.0 cm³/mol. The number of rotatable bonds is 3. The molecule has 0 bridgehead atoms. The first-order valence-corrected chi connectivity index (χ1v) is 2.79. The molecule has 6 N–H and O–H groups in total. The molecule has 0 heterocycles. The van der Waals surface area contributed by atoms with Crippen molar-refractivity contribution in [2.24, 2.45) is 11.5 Å². The van der Waals surface area contributed by atoms with Crippen LogP contribution in [0.1, 0.15) is 6.92 Å². The first-order chi connectivity index (χ1) is 4.80. The van der Waals surface area contributed by atoms with Crippen LogP contribution < -0.4 is 11.5 Å². The molecule has 2 atom stereocenters. The van der Waals surface area contributed by atoms with Gasteiger partial charge in [0, 0.05) is 0 Å². The van der Waals surface area contributed by atoms with Crippen molar-refractivity contribution in [2.75, 3.05) is 0 Å². The highest BCUT2D eigenvalue weighted by atomic mass is 16.4. The maximum absolute atomic E-state index is 10.4. The second kappa shape index (κ2) is 2.85. The highest BCUT2D eigenvalue weighted by Gasteiger charge is 2.40. The van der Waals surface area contributed by atoms with Gasteiger partial charge in [0.15, 0.2) is 11.7 Å². The predicted octanol–water partition coefficient (Wildman–Crippen LogP) is -2.93. The van der Waals surface area contributed by atoms with Crippen molar-refractivity contribution in [3.63, 3.8) is 0 Å². The van der Waals surface area contributed by atoms with Crippen LogP contribution in [0.2, 0.25) is 0 Å². The summed E-state index contributed by atoms with van der Waals surface area (Å²) in [7, 11) is 0. The van der Waals surface area contributed by atoms with Crippen molar-refractivity contribution in [3.05, 3.63) is 0 Å². The summed E-state index contributed by atoms with van der Waals surface area (Å²) in [6.45, 7) is 0.908. The molecular weight excluding hydrogens is 152 g/mol. The topological polar surface area (TPSA) is 127 Å². The standard InChI is InChI=1S/C5H10N2O4/c1-5(11,4(7)10)2(8)3(6)9/h2,8,11H,1H3,(H2,6,9)(H2,7,10)/t2-,5+/m1/s1. The van der Waals surface area contributed by atoms with Crippen LogP contribution in [0.3, 0.4) is 0 Å². The van der Waals surface area contributed by atoms with Gasteiger partial charge in [-0.3, -0.25) is 9.59 Å². The zero-order valence-corrected chi connectivity index (χ0v) is 5.94. The third kappa shape index (κ3) is 1.89. The van der Waals surface area contributed by atoms with E-state index in [0.29, 0.717) is 0 Å². The van der Waals surface area contributed by atoms with Crippen LogP contribution in [-0.4, -0.2) is 33.7 Å². The van der Waals surface area contributed by atoms with Crippen LogP contribution in [0.25, 0.3) is 0 Å². The Kier molecular flexibility index (Phi) is 2.55. The molecule has 0 aliphatic heterocycles. The Balaban J connectivity index is 4.55. The molecule has 0 aliphatic rings. The lowest BCUT2D eigenvalue weighted by molar-refractivity contribution is -0.155. The van der Waals surface area contributed by atoms with Gasteiger partial charge < -0.3 is 21.7 Å². The SMILES string of the molecule is C[C@@](O)(C(N)=O)[C@H](O)C(N)=O. The molecule has 6 nitrogen and oxygen atoms in total. The minimum absolute atomic E-state index is 0.908. The first-order valence-electron chi connectivity index (χ1n) is 2.79. The molecule has 0 aromatic carbocycles. The molecule has 0 saturated carbocycles. The Labute approximate surface area is 62.8 Å². The van der Waals surface area contributed by atoms with Crippen molar-refractivity contribution >= 4 is 11.8 Å². The van der Waals surface area contributed by atoms with Crippen LogP contribution in [0.5, 0.6) is 0 Å². The van der Waals surface area contributed by atoms with Gasteiger partial charge >= 0.3 is 0 Å². The normalized spacial score (nSPS) is 18.5. The van der Waals surface area contributed by atoms with E-state index in [-0.39, 0.29) is 0 Å². The van der Waals surface area contributed by atoms with Crippen molar-refractivity contribution in [2.45, 2.75) is 18.6 Å². The number of amides is 2. The van der Waals surface area contributed by atoms with Gasteiger partial charge in [-0.2, -0.15) is 0 Å². The molecule has 0 aromatic heterocycles. The quantitative estimate of drug-likeness (QED) is 0.354. The number of nitrogens with two attached hydrogens (primary N) is 2. The monoisotopic (exact) mass is 162 g/mol. The van der Waals surface area contributed by atoms with Crippen molar-refractivity contribution in [1.82, 2.24) is 0 Å². The second-order valence-corrected chi connectivity index (χ2v) is 2.32. The zero-order chi connectivity index (χ0) is 9.23. The fraction of sp³-hybridized carbons (Fsp3) is 0.600. The summed E-state index contributed by atoms with van der Waals surface area (Å²) in [6, 6.07) is 0. The van der Waals surface area contributed by atoms with E-state index in [0.717, 1.165) is 6.92 Å². The van der Waals surface area contributed by atoms with E-state index < -0.39 is 23.5 Å². The number of carbonyl (C=O) groups excluding carboxylic acids is 2. The van der Waals surface area contributed by atoms with E-state index >= 15 is 0 Å². The molecule has 0 saturated heterocycles. The van der Waals surface area contributed by atoms with Crippen LogP contribution in [0.15, 0.2) is 0 Å². The fourth-order valence-corrected chi connectivity index (χ4v) is 0.412. The van der Waals surface area contributed by atoms with Gasteiger partial charge in [0.05, 0.1) is 0 Å². The number of aliphatic hydroxyl groups excluding tert-OH is 1. The van der Waals surface area contributed by atoms with Gasteiger partial charge in [-0.25, -0.2) is 0 Å². The van der Waals surface area contributed by atoms with Crippen LogP contribution in [-0.2, 0) is 9.59 Å². The third-order valence-corrected chi connectivity index (χ3v) is 1.30. The zero-order valence-electron chi connectivity index (χ0n) is 5.94. The molecule has 0 unspecified atom stereocenters. The minimum Gasteiger partial charge on any atom is -0.380 e. The van der Waals surface area contributed by atoms with Gasteiger partial charge in [0.25, 0.3) is 5.91 Å². The number of hydrogen-bond donors (Lipinski definition) is 4. The lowest BCUT2D eigenvalue weighted by atomic mass is 9.98. The molecule has 2 amide bonds. The summed E-state index contributed by atoms with van der Waals surface area (Å²) in [5, 5.41) is 17.8. The first kappa shape index (κ1) is 9.86. The van der Waals surface area contributed by atoms with E-state index in [1.54, 1.807) is 0 Å². The maximum Gasteiger partial charge on any atom is 0.252 e. The largest absolute Gasteiger partial charge is 0.380 e. The van der Waals surface area contributed by atoms with E-state index in [9.17, 15) is 9.59 Å². The van der Waals surface area contributed by atoms with Crippen LogP contribution >= 0.6 is 0 Å². The number of primary amides is 2. The summed E-state index contributed by atoms with van der Waals surface area (Å²) >= 11 is 0. The highest BCUT2D eigenvalue weighted by molar-refractivity contribution is 5.92. The summed E-state index contributed by atoms with van der Waals surface area (Å²) in [5.41, 5.74) is 6.96. The second-order valence-electron chi connectivity index (χ2n) is 2.32. The van der Waals surface area contributed by atoms with E-state index in [4.69, 9.17) is 10.2 Å². The average Bonchev–Trinajstić information content (AvgIpc) is 1.85. The van der Waals surface area contributed by atoms with Crippen LogP contribution in [0.4, 0.5) is 0 Å². The molecule has 11 heavy (non-hydrogen) atoms. The van der Waals surface area contributed by atoms with Gasteiger partial charge in [0.2, 0.25) is 5.91 Å². The summed E-state index contributed by atoms with van der Waals surface area (Å²) in [6.07, 6.45) is -1.97. The van der Waals surface area contributed by atoms with Crippen molar-refractivity contribution in [1.29, 1.82) is 0 Å². The Morgan fingerprint density at radius 3 is 1.91 bits per heavy atom. The molecule has 0 spiro atoms. The fourth-order valence-electron chi connectivity index (χ4n) is 0.412. The van der Waals surface area contributed by atoms with Gasteiger partial charge in [-0.1, -0.05) is 0 Å². The van der Waals surface area contributed by atoms with Gasteiger partial charge in [0.1, 0.15) is 0 Å². The molecule has 0 fully saturated rings. The Morgan fingerprint density at radius 1 is 1.45 bits per heavy atom. The summed E-state index contributed by atoms with van der Waals surface area (Å²) in [5.74, 6) is -2.40. The van der Waals surface area contributed by atoms with Crippen molar-refractivity contribution in [3.8, 4) is 0 Å². The number of aliphatic hydroxyl groups is 2. The highest BCUT2D eigenvalue weighted by Crippen LogP contribution is 2.07. The van der Waals surface area contributed by atoms with E-state index in [2.05, 4.69) is 11.5 Å². The summed E-state index contributed by atoms with van der Waals surface area (Å²) in [4.78, 5) is 20.6. The van der Waals surface area contributed by atoms with Crippen LogP contribution in [0, 0.1) is 0 Å². The maximum atomic E-state index is 10.4. The molecule has 64 valence electrons. The molecule has 6 heteroatoms. The number of hydrogen-bond acceptors (Lipinski definition) is 4. The minimum atomic E-state index is -2.30. The Morgan fingerprint density at radius 2 is 1.82 bits per heavy atom. The van der Waals surface area contributed by atoms with E-state index in [1.807, 2.05) is 0 Å². The Bertz CT molecular complexity index is 189. The lowest BCUT2D eigenvalue weighted by Crippen LogP contribution is -2.55. The third-order valence-electron chi connectivity index (χ3n) is 1.30. The molecule has 0 rings (SSSR count). The van der Waals surface area contributed by atoms with Gasteiger partial charge in [-0.05, 0) is 6.92 Å². The summed E-state index contributed by atoms with van der Waals surface area (Å²) < 4.78 is 0.